The molecular formula is C22H24FN2O2S+. The lowest BCUT2D eigenvalue weighted by molar-refractivity contribution is -0.885. The largest absolute Gasteiger partial charge is 0.497 e. The third-order valence-corrected chi connectivity index (χ3v) is 5.38. The number of carbonyl (C=O) groups is 1. The van der Waals surface area contributed by atoms with E-state index >= 15 is 0 Å². The third-order valence-electron chi connectivity index (χ3n) is 4.44. The molecule has 6 heteroatoms. The van der Waals surface area contributed by atoms with Gasteiger partial charge in [-0.2, -0.15) is 0 Å². The second-order valence-electron chi connectivity index (χ2n) is 6.73. The van der Waals surface area contributed by atoms with Crippen LogP contribution in [0.2, 0.25) is 0 Å². The maximum absolute atomic E-state index is 13.3. The molecule has 2 N–H and O–H groups in total. The number of halogens is 1. The summed E-state index contributed by atoms with van der Waals surface area (Å²) in [5, 5.41) is 5.07. The molecule has 2 atom stereocenters. The van der Waals surface area contributed by atoms with E-state index in [1.807, 2.05) is 48.8 Å². The minimum absolute atomic E-state index is 0.0527. The van der Waals surface area contributed by atoms with Crippen molar-refractivity contribution in [3.8, 4) is 5.75 Å². The van der Waals surface area contributed by atoms with E-state index in [9.17, 15) is 9.18 Å². The Bertz CT molecular complexity index is 897. The number of amides is 1. The summed E-state index contributed by atoms with van der Waals surface area (Å²) in [6.45, 7) is 1.05. The SMILES string of the molecule is COc1cccc(C[NH+](C)CC(=O)N[C@@H](c2ccc(F)cc2)c2cccs2)c1. The number of rotatable bonds is 8. The highest BCUT2D eigenvalue weighted by Gasteiger charge is 2.20. The zero-order valence-corrected chi connectivity index (χ0v) is 16.8. The number of benzene rings is 2. The van der Waals surface area contributed by atoms with Gasteiger partial charge in [0.1, 0.15) is 18.1 Å². The predicted octanol–water partition coefficient (Wildman–Crippen LogP) is 2.82. The van der Waals surface area contributed by atoms with E-state index in [1.54, 1.807) is 30.6 Å². The van der Waals surface area contributed by atoms with Crippen LogP contribution in [0, 0.1) is 5.82 Å². The van der Waals surface area contributed by atoms with Gasteiger partial charge in [-0.05, 0) is 41.3 Å². The summed E-state index contributed by atoms with van der Waals surface area (Å²) in [6, 6.07) is 17.8. The van der Waals surface area contributed by atoms with E-state index in [4.69, 9.17) is 4.74 Å². The number of methoxy groups -OCH3 is 1. The highest BCUT2D eigenvalue weighted by Crippen LogP contribution is 2.26. The Hall–Kier alpha value is -2.70. The summed E-state index contributed by atoms with van der Waals surface area (Å²) < 4.78 is 18.5. The zero-order valence-electron chi connectivity index (χ0n) is 15.9. The van der Waals surface area contributed by atoms with Gasteiger partial charge >= 0.3 is 0 Å². The molecule has 0 aliphatic rings. The summed E-state index contributed by atoms with van der Waals surface area (Å²) >= 11 is 1.57. The lowest BCUT2D eigenvalue weighted by Gasteiger charge is -2.20. The molecule has 146 valence electrons. The van der Waals surface area contributed by atoms with E-state index in [0.29, 0.717) is 13.1 Å². The zero-order chi connectivity index (χ0) is 19.9. The second kappa shape index (κ2) is 9.48. The van der Waals surface area contributed by atoms with Gasteiger partial charge in [-0.25, -0.2) is 4.39 Å². The van der Waals surface area contributed by atoms with Crippen molar-refractivity contribution in [1.29, 1.82) is 0 Å². The average molecular weight is 400 g/mol. The van der Waals surface area contributed by atoms with Crippen LogP contribution < -0.4 is 15.0 Å². The number of thiophene rings is 1. The fraction of sp³-hybridized carbons (Fsp3) is 0.227. The van der Waals surface area contributed by atoms with Crippen molar-refractivity contribution < 1.29 is 18.8 Å². The molecule has 0 aliphatic heterocycles. The molecule has 2 aromatic carbocycles. The first-order valence-corrected chi connectivity index (χ1v) is 9.95. The van der Waals surface area contributed by atoms with Gasteiger partial charge in [0.15, 0.2) is 6.54 Å². The molecule has 0 saturated carbocycles. The molecule has 1 amide bonds. The van der Waals surface area contributed by atoms with Gasteiger partial charge in [-0.15, -0.1) is 11.3 Å². The summed E-state index contributed by atoms with van der Waals surface area (Å²) in [7, 11) is 3.63. The molecule has 3 rings (SSSR count). The normalized spacial score (nSPS) is 13.0. The highest BCUT2D eigenvalue weighted by molar-refractivity contribution is 7.10. The number of hydrogen-bond donors (Lipinski definition) is 2. The minimum Gasteiger partial charge on any atom is -0.497 e. The average Bonchev–Trinajstić information content (AvgIpc) is 3.21. The number of hydrogen-bond acceptors (Lipinski definition) is 3. The first-order chi connectivity index (χ1) is 13.5. The molecular weight excluding hydrogens is 375 g/mol. The Labute approximate surface area is 168 Å². The van der Waals surface area contributed by atoms with E-state index in [-0.39, 0.29) is 17.8 Å². The Morgan fingerprint density at radius 1 is 1.18 bits per heavy atom. The monoisotopic (exact) mass is 399 g/mol. The maximum atomic E-state index is 13.3. The quantitative estimate of drug-likeness (QED) is 0.612. The van der Waals surface area contributed by atoms with Gasteiger partial charge in [0.2, 0.25) is 0 Å². The lowest BCUT2D eigenvalue weighted by atomic mass is 10.1. The fourth-order valence-electron chi connectivity index (χ4n) is 3.11. The van der Waals surface area contributed by atoms with E-state index in [1.165, 1.54) is 12.1 Å². The molecule has 0 aliphatic carbocycles. The molecule has 1 unspecified atom stereocenters. The topological polar surface area (TPSA) is 42.8 Å². The number of carbonyl (C=O) groups excluding carboxylic acids is 1. The van der Waals surface area contributed by atoms with Crippen LogP contribution >= 0.6 is 11.3 Å². The molecule has 1 aromatic heterocycles. The minimum atomic E-state index is -0.289. The Morgan fingerprint density at radius 2 is 1.96 bits per heavy atom. The van der Waals surface area contributed by atoms with E-state index in [0.717, 1.165) is 26.7 Å². The third kappa shape index (κ3) is 5.41. The molecule has 3 aromatic rings. The Kier molecular flexibility index (Phi) is 6.79. The maximum Gasteiger partial charge on any atom is 0.275 e. The van der Waals surface area contributed by atoms with Crippen molar-refractivity contribution in [3.63, 3.8) is 0 Å². The molecule has 0 fully saturated rings. The van der Waals surface area contributed by atoms with Gasteiger partial charge in [0, 0.05) is 10.4 Å². The molecule has 1 heterocycles. The Morgan fingerprint density at radius 3 is 2.64 bits per heavy atom. The van der Waals surface area contributed by atoms with Crippen molar-refractivity contribution >= 4 is 17.2 Å². The van der Waals surface area contributed by atoms with Crippen molar-refractivity contribution in [2.24, 2.45) is 0 Å². The number of quaternary nitrogens is 1. The van der Waals surface area contributed by atoms with Gasteiger partial charge in [-0.1, -0.05) is 30.3 Å². The van der Waals surface area contributed by atoms with Gasteiger partial charge in [0.25, 0.3) is 5.91 Å². The first-order valence-electron chi connectivity index (χ1n) is 9.07. The van der Waals surface area contributed by atoms with Crippen LogP contribution in [0.25, 0.3) is 0 Å². The van der Waals surface area contributed by atoms with Crippen molar-refractivity contribution in [3.05, 3.63) is 87.9 Å². The standard InChI is InChI=1S/C22H23FN2O2S/c1-25(14-16-5-3-6-19(13-16)27-2)15-21(26)24-22(20-7-4-12-28-20)17-8-10-18(23)11-9-17/h3-13,22H,14-15H2,1-2H3,(H,24,26)/p+1/t22-/m0/s1. The molecule has 4 nitrogen and oxygen atoms in total. The smallest absolute Gasteiger partial charge is 0.275 e. The lowest BCUT2D eigenvalue weighted by Crippen LogP contribution is -3.08. The molecule has 0 radical (unpaired) electrons. The Balaban J connectivity index is 1.65. The van der Waals surface area contributed by atoms with E-state index < -0.39 is 0 Å². The summed E-state index contributed by atoms with van der Waals surface area (Å²) in [6.07, 6.45) is 0. The van der Waals surface area contributed by atoms with Crippen molar-refractivity contribution in [2.45, 2.75) is 12.6 Å². The first kappa shape index (κ1) is 20.0. The number of likely N-dealkylation sites (N-methyl/N-ethyl adjacent to an activating group) is 1. The van der Waals surface area contributed by atoms with Crippen LogP contribution in [0.1, 0.15) is 22.0 Å². The molecule has 0 saturated heterocycles. The van der Waals surface area contributed by atoms with Crippen LogP contribution in [0.3, 0.4) is 0 Å². The number of nitrogens with one attached hydrogen (secondary N) is 2. The van der Waals surface area contributed by atoms with Gasteiger partial charge in [-0.3, -0.25) is 4.79 Å². The van der Waals surface area contributed by atoms with Crippen LogP contribution in [-0.4, -0.2) is 26.6 Å². The fourth-order valence-corrected chi connectivity index (χ4v) is 3.91. The number of ether oxygens (including phenoxy) is 1. The van der Waals surface area contributed by atoms with Crippen LogP contribution in [0.4, 0.5) is 4.39 Å². The summed E-state index contributed by atoms with van der Waals surface area (Å²) in [4.78, 5) is 14.8. The van der Waals surface area contributed by atoms with Gasteiger partial charge in [0.05, 0.1) is 20.2 Å². The summed E-state index contributed by atoms with van der Waals surface area (Å²) in [5.41, 5.74) is 1.97. The molecule has 28 heavy (non-hydrogen) atoms. The van der Waals surface area contributed by atoms with Gasteiger partial charge < -0.3 is 15.0 Å². The van der Waals surface area contributed by atoms with Crippen LogP contribution in [0.5, 0.6) is 5.75 Å². The van der Waals surface area contributed by atoms with Crippen LogP contribution in [0.15, 0.2) is 66.0 Å². The van der Waals surface area contributed by atoms with Crippen molar-refractivity contribution in [2.75, 3.05) is 20.7 Å². The van der Waals surface area contributed by atoms with E-state index in [2.05, 4.69) is 5.32 Å². The van der Waals surface area contributed by atoms with Crippen molar-refractivity contribution in [1.82, 2.24) is 5.32 Å². The highest BCUT2D eigenvalue weighted by atomic mass is 32.1. The second-order valence-corrected chi connectivity index (χ2v) is 7.71. The molecule has 0 bridgehead atoms. The molecule has 0 spiro atoms. The summed E-state index contributed by atoms with van der Waals surface area (Å²) in [5.74, 6) is 0.467. The van der Waals surface area contributed by atoms with Crippen LogP contribution in [-0.2, 0) is 11.3 Å². The predicted molar refractivity (Wildman–Crippen MR) is 109 cm³/mol.